The van der Waals surface area contributed by atoms with Crippen LogP contribution in [0.4, 0.5) is 0 Å². The predicted molar refractivity (Wildman–Crippen MR) is 124 cm³/mol. The molecule has 1 amide bonds. The van der Waals surface area contributed by atoms with Gasteiger partial charge in [0.1, 0.15) is 5.75 Å². The van der Waals surface area contributed by atoms with Crippen molar-refractivity contribution in [2.45, 2.75) is 20.4 Å². The molecule has 7 heteroatoms. The van der Waals surface area contributed by atoms with Crippen molar-refractivity contribution in [2.24, 2.45) is 5.92 Å². The Morgan fingerprint density at radius 2 is 1.84 bits per heavy atom. The summed E-state index contributed by atoms with van der Waals surface area (Å²) in [6.07, 6.45) is 5.08. The number of nitrogens with zero attached hydrogens (tertiary/aromatic N) is 2. The summed E-state index contributed by atoms with van der Waals surface area (Å²) in [4.78, 5) is 12.2. The lowest BCUT2D eigenvalue weighted by Gasteiger charge is -2.12. The van der Waals surface area contributed by atoms with Gasteiger partial charge in [-0.2, -0.15) is 5.10 Å². The molecule has 1 heterocycles. The molecule has 1 N–H and O–H groups in total. The number of hydrogen-bond acceptors (Lipinski definition) is 5. The summed E-state index contributed by atoms with van der Waals surface area (Å²) in [5.41, 5.74) is 2.52. The average molecular weight is 436 g/mol. The summed E-state index contributed by atoms with van der Waals surface area (Å²) < 4.78 is 18.1. The van der Waals surface area contributed by atoms with Gasteiger partial charge in [-0.3, -0.25) is 4.79 Å². The summed E-state index contributed by atoms with van der Waals surface area (Å²) in [5, 5.41) is 7.34. The van der Waals surface area contributed by atoms with Crippen molar-refractivity contribution in [1.29, 1.82) is 0 Å². The third kappa shape index (κ3) is 6.38. The Kier molecular flexibility index (Phi) is 7.91. The van der Waals surface area contributed by atoms with Gasteiger partial charge in [0.25, 0.3) is 0 Å². The fourth-order valence-corrected chi connectivity index (χ4v) is 2.91. The van der Waals surface area contributed by atoms with Crippen molar-refractivity contribution >= 4 is 12.0 Å². The first-order chi connectivity index (χ1) is 15.5. The number of aromatic nitrogens is 2. The van der Waals surface area contributed by atoms with E-state index >= 15 is 0 Å². The van der Waals surface area contributed by atoms with Crippen LogP contribution in [0.2, 0.25) is 0 Å². The molecule has 0 atom stereocenters. The Morgan fingerprint density at radius 3 is 2.53 bits per heavy atom. The van der Waals surface area contributed by atoms with Gasteiger partial charge < -0.3 is 19.5 Å². The van der Waals surface area contributed by atoms with Crippen LogP contribution in [0.25, 0.3) is 11.8 Å². The van der Waals surface area contributed by atoms with E-state index in [4.69, 9.17) is 14.2 Å². The molecule has 32 heavy (non-hydrogen) atoms. The van der Waals surface area contributed by atoms with Gasteiger partial charge in [0, 0.05) is 12.3 Å². The second-order valence-electron chi connectivity index (χ2n) is 7.62. The third-order valence-corrected chi connectivity index (χ3v) is 4.61. The molecule has 2 aromatic carbocycles. The van der Waals surface area contributed by atoms with Crippen LogP contribution in [0.5, 0.6) is 17.2 Å². The van der Waals surface area contributed by atoms with Crippen LogP contribution in [0.15, 0.2) is 60.8 Å². The van der Waals surface area contributed by atoms with E-state index in [9.17, 15) is 4.79 Å². The number of benzene rings is 2. The quantitative estimate of drug-likeness (QED) is 0.482. The number of methoxy groups -OCH3 is 2. The van der Waals surface area contributed by atoms with E-state index < -0.39 is 0 Å². The molecule has 0 unspecified atom stereocenters. The molecule has 0 bridgehead atoms. The highest BCUT2D eigenvalue weighted by atomic mass is 16.5. The molecule has 7 nitrogen and oxygen atoms in total. The molecule has 0 aliphatic heterocycles. The van der Waals surface area contributed by atoms with E-state index in [1.54, 1.807) is 25.0 Å². The molecule has 0 fully saturated rings. The number of carbonyl (C=O) groups excluding carboxylic acids is 1. The number of hydrogen-bond donors (Lipinski definition) is 1. The zero-order valence-corrected chi connectivity index (χ0v) is 18.9. The van der Waals surface area contributed by atoms with Crippen molar-refractivity contribution in [3.05, 3.63) is 72.1 Å². The summed E-state index contributed by atoms with van der Waals surface area (Å²) in [6.45, 7) is 5.12. The zero-order valence-electron chi connectivity index (χ0n) is 18.9. The van der Waals surface area contributed by atoms with Gasteiger partial charge in [0.05, 0.1) is 38.8 Å². The van der Waals surface area contributed by atoms with Gasteiger partial charge in [-0.25, -0.2) is 4.68 Å². The second-order valence-corrected chi connectivity index (χ2v) is 7.62. The molecule has 1 aromatic heterocycles. The van der Waals surface area contributed by atoms with E-state index in [2.05, 4.69) is 24.3 Å². The van der Waals surface area contributed by atoms with Crippen molar-refractivity contribution in [3.8, 4) is 22.9 Å². The number of ether oxygens (including phenoxy) is 3. The Hall–Kier alpha value is -3.74. The van der Waals surface area contributed by atoms with Crippen molar-refractivity contribution in [3.63, 3.8) is 0 Å². The van der Waals surface area contributed by atoms with Crippen molar-refractivity contribution in [1.82, 2.24) is 15.1 Å². The summed E-state index contributed by atoms with van der Waals surface area (Å²) >= 11 is 0. The van der Waals surface area contributed by atoms with E-state index in [1.807, 2.05) is 54.7 Å². The normalized spacial score (nSPS) is 11.0. The van der Waals surface area contributed by atoms with Gasteiger partial charge in [-0.1, -0.05) is 19.9 Å². The van der Waals surface area contributed by atoms with E-state index in [1.165, 1.54) is 6.08 Å². The maximum atomic E-state index is 12.2. The maximum absolute atomic E-state index is 12.2. The van der Waals surface area contributed by atoms with Gasteiger partial charge in [-0.15, -0.1) is 0 Å². The number of amides is 1. The first-order valence-electron chi connectivity index (χ1n) is 10.4. The SMILES string of the molecule is COc1ccc(-n2ccc(CNC(=O)C=Cc3ccc(OCC(C)C)c(OC)c3)n2)cc1. The average Bonchev–Trinajstić information content (AvgIpc) is 3.29. The molecule has 0 aliphatic carbocycles. The topological polar surface area (TPSA) is 74.6 Å². The fourth-order valence-electron chi connectivity index (χ4n) is 2.91. The van der Waals surface area contributed by atoms with Crippen LogP contribution in [-0.4, -0.2) is 36.5 Å². The lowest BCUT2D eigenvalue weighted by Crippen LogP contribution is -2.20. The first-order valence-corrected chi connectivity index (χ1v) is 10.4. The Bertz CT molecular complexity index is 1060. The minimum Gasteiger partial charge on any atom is -0.497 e. The molecule has 3 rings (SSSR count). The molecular formula is C25H29N3O4. The molecule has 168 valence electrons. The molecule has 0 saturated carbocycles. The molecule has 0 saturated heterocycles. The lowest BCUT2D eigenvalue weighted by atomic mass is 10.2. The summed E-state index contributed by atoms with van der Waals surface area (Å²) in [5.74, 6) is 2.33. The number of rotatable bonds is 10. The smallest absolute Gasteiger partial charge is 0.244 e. The minimum atomic E-state index is -0.205. The second kappa shape index (κ2) is 11.0. The fraction of sp³-hybridized carbons (Fsp3) is 0.280. The van der Waals surface area contributed by atoms with Crippen LogP contribution >= 0.6 is 0 Å². The molecular weight excluding hydrogens is 406 g/mol. The minimum absolute atomic E-state index is 0.205. The Labute approximate surface area is 188 Å². The molecule has 0 radical (unpaired) electrons. The molecule has 0 aliphatic rings. The highest BCUT2D eigenvalue weighted by Crippen LogP contribution is 2.29. The largest absolute Gasteiger partial charge is 0.497 e. The van der Waals surface area contributed by atoms with Crippen LogP contribution < -0.4 is 19.5 Å². The third-order valence-electron chi connectivity index (χ3n) is 4.61. The van der Waals surface area contributed by atoms with E-state index in [0.717, 1.165) is 22.7 Å². The summed E-state index contributed by atoms with van der Waals surface area (Å²) in [7, 11) is 3.23. The van der Waals surface area contributed by atoms with Crippen LogP contribution in [-0.2, 0) is 11.3 Å². The van der Waals surface area contributed by atoms with Crippen molar-refractivity contribution in [2.75, 3.05) is 20.8 Å². The number of carbonyl (C=O) groups is 1. The predicted octanol–water partition coefficient (Wildman–Crippen LogP) is 4.25. The lowest BCUT2D eigenvalue weighted by molar-refractivity contribution is -0.116. The van der Waals surface area contributed by atoms with Crippen LogP contribution in [0.1, 0.15) is 25.1 Å². The van der Waals surface area contributed by atoms with Crippen LogP contribution in [0.3, 0.4) is 0 Å². The zero-order chi connectivity index (χ0) is 22.9. The van der Waals surface area contributed by atoms with E-state index in [0.29, 0.717) is 30.6 Å². The highest BCUT2D eigenvalue weighted by molar-refractivity contribution is 5.91. The monoisotopic (exact) mass is 435 g/mol. The Balaban J connectivity index is 1.55. The van der Waals surface area contributed by atoms with Gasteiger partial charge in [0.2, 0.25) is 5.91 Å². The van der Waals surface area contributed by atoms with Crippen molar-refractivity contribution < 1.29 is 19.0 Å². The number of nitrogens with one attached hydrogen (secondary N) is 1. The first kappa shape index (κ1) is 22.9. The highest BCUT2D eigenvalue weighted by Gasteiger charge is 2.07. The van der Waals surface area contributed by atoms with Crippen LogP contribution in [0, 0.1) is 5.92 Å². The summed E-state index contributed by atoms with van der Waals surface area (Å²) in [6, 6.07) is 15.0. The van der Waals surface area contributed by atoms with Gasteiger partial charge in [-0.05, 0) is 60.0 Å². The Morgan fingerprint density at radius 1 is 1.06 bits per heavy atom. The molecule has 3 aromatic rings. The standard InChI is InChI=1S/C25H29N3O4/c1-18(2)17-32-23-11-5-19(15-24(23)31-4)6-12-25(29)26-16-20-13-14-28(27-20)21-7-9-22(30-3)10-8-21/h5-15,18H,16-17H2,1-4H3,(H,26,29). The van der Waals surface area contributed by atoms with Gasteiger partial charge in [0.15, 0.2) is 11.5 Å². The van der Waals surface area contributed by atoms with E-state index in [-0.39, 0.29) is 5.91 Å². The maximum Gasteiger partial charge on any atom is 0.244 e. The molecule has 0 spiro atoms. The van der Waals surface area contributed by atoms with Gasteiger partial charge >= 0.3 is 0 Å².